The zero-order valence-electron chi connectivity index (χ0n) is 15.3. The number of fused-ring (bicyclic) bond motifs is 1. The summed E-state index contributed by atoms with van der Waals surface area (Å²) >= 11 is 1.45. The summed E-state index contributed by atoms with van der Waals surface area (Å²) in [6, 6.07) is 13.3. The Morgan fingerprint density at radius 1 is 1.15 bits per heavy atom. The number of primary amides is 1. The van der Waals surface area contributed by atoms with Gasteiger partial charge >= 0.3 is 5.97 Å². The van der Waals surface area contributed by atoms with E-state index >= 15 is 0 Å². The molecule has 144 valence electrons. The van der Waals surface area contributed by atoms with Crippen LogP contribution >= 0.6 is 11.8 Å². The smallest absolute Gasteiger partial charge is 0.303 e. The number of ether oxygens (including phenoxy) is 1. The Morgan fingerprint density at radius 3 is 2.63 bits per heavy atom. The topological polar surface area (TPSA) is 98.5 Å². The van der Waals surface area contributed by atoms with Gasteiger partial charge in [-0.2, -0.15) is 11.8 Å². The molecule has 0 radical (unpaired) electrons. The van der Waals surface area contributed by atoms with Crippen molar-refractivity contribution in [2.75, 3.05) is 23.4 Å². The molecule has 0 heterocycles. The first-order valence-corrected chi connectivity index (χ1v) is 9.89. The molecule has 1 atom stereocenters. The predicted molar refractivity (Wildman–Crippen MR) is 109 cm³/mol. The van der Waals surface area contributed by atoms with Crippen molar-refractivity contribution in [2.24, 2.45) is 5.73 Å². The van der Waals surface area contributed by atoms with Crippen LogP contribution in [0.15, 0.2) is 42.5 Å². The monoisotopic (exact) mass is 388 g/mol. The molecule has 2 aromatic carbocycles. The van der Waals surface area contributed by atoms with Crippen LogP contribution in [0, 0.1) is 0 Å². The minimum Gasteiger partial charge on any atom is -0.458 e. The van der Waals surface area contributed by atoms with E-state index in [0.29, 0.717) is 12.2 Å². The Morgan fingerprint density at radius 2 is 1.89 bits per heavy atom. The summed E-state index contributed by atoms with van der Waals surface area (Å²) in [5.41, 5.74) is 6.42. The highest BCUT2D eigenvalue weighted by Crippen LogP contribution is 2.24. The number of amides is 1. The van der Waals surface area contributed by atoms with E-state index in [2.05, 4.69) is 10.1 Å². The molecule has 0 spiro atoms. The molecule has 0 aliphatic heterocycles. The van der Waals surface area contributed by atoms with Crippen molar-refractivity contribution in [3.63, 3.8) is 0 Å². The molecule has 0 aromatic heterocycles. The zero-order valence-corrected chi connectivity index (χ0v) is 16.1. The third kappa shape index (κ3) is 6.94. The number of anilines is 1. The SMILES string of the molecule is CC(=O)OCC(=O)CSCCC[C@H](Nc1cccc2ccccc12)C(N)=O. The van der Waals surface area contributed by atoms with Crippen molar-refractivity contribution in [1.82, 2.24) is 0 Å². The minimum absolute atomic E-state index is 0.129. The number of nitrogens with two attached hydrogens (primary N) is 1. The van der Waals surface area contributed by atoms with Crippen molar-refractivity contribution >= 4 is 45.9 Å². The van der Waals surface area contributed by atoms with Gasteiger partial charge in [0.15, 0.2) is 12.4 Å². The molecular weight excluding hydrogens is 364 g/mol. The third-order valence-corrected chi connectivity index (χ3v) is 5.05. The van der Waals surface area contributed by atoms with Gasteiger partial charge in [-0.05, 0) is 30.0 Å². The van der Waals surface area contributed by atoms with Crippen LogP contribution in [0.5, 0.6) is 0 Å². The number of ketones is 1. The van der Waals surface area contributed by atoms with E-state index in [-0.39, 0.29) is 18.1 Å². The first-order valence-electron chi connectivity index (χ1n) is 8.74. The van der Waals surface area contributed by atoms with Crippen LogP contribution in [-0.2, 0) is 19.1 Å². The maximum Gasteiger partial charge on any atom is 0.303 e. The molecule has 6 nitrogen and oxygen atoms in total. The highest BCUT2D eigenvalue weighted by Gasteiger charge is 2.16. The fourth-order valence-corrected chi connectivity index (χ4v) is 3.45. The molecule has 0 unspecified atom stereocenters. The molecule has 0 aliphatic rings. The average Bonchev–Trinajstić information content (AvgIpc) is 2.65. The van der Waals surface area contributed by atoms with Crippen molar-refractivity contribution in [1.29, 1.82) is 0 Å². The van der Waals surface area contributed by atoms with Gasteiger partial charge in [0.05, 0.1) is 5.75 Å². The highest BCUT2D eigenvalue weighted by molar-refractivity contribution is 7.99. The number of thioether (sulfide) groups is 1. The second-order valence-corrected chi connectivity index (χ2v) is 7.24. The number of nitrogens with one attached hydrogen (secondary N) is 1. The van der Waals surface area contributed by atoms with Crippen LogP contribution in [0.4, 0.5) is 5.69 Å². The van der Waals surface area contributed by atoms with E-state index < -0.39 is 17.9 Å². The summed E-state index contributed by atoms with van der Waals surface area (Å²) in [7, 11) is 0. The number of hydrogen-bond donors (Lipinski definition) is 2. The van der Waals surface area contributed by atoms with E-state index in [1.54, 1.807) is 0 Å². The number of benzene rings is 2. The van der Waals surface area contributed by atoms with Crippen molar-refractivity contribution < 1.29 is 19.1 Å². The number of carbonyl (C=O) groups is 3. The van der Waals surface area contributed by atoms with Crippen molar-refractivity contribution in [3.8, 4) is 0 Å². The highest BCUT2D eigenvalue weighted by atomic mass is 32.2. The summed E-state index contributed by atoms with van der Waals surface area (Å²) in [6.07, 6.45) is 1.31. The number of hydrogen-bond acceptors (Lipinski definition) is 6. The van der Waals surface area contributed by atoms with Crippen molar-refractivity contribution in [3.05, 3.63) is 42.5 Å². The lowest BCUT2D eigenvalue weighted by atomic mass is 10.1. The van der Waals surface area contributed by atoms with Crippen molar-refractivity contribution in [2.45, 2.75) is 25.8 Å². The van der Waals surface area contributed by atoms with E-state index in [1.807, 2.05) is 42.5 Å². The lowest BCUT2D eigenvalue weighted by Crippen LogP contribution is -2.35. The van der Waals surface area contributed by atoms with Crippen LogP contribution in [0.2, 0.25) is 0 Å². The van der Waals surface area contributed by atoms with Gasteiger partial charge in [0.2, 0.25) is 5.91 Å². The normalized spacial score (nSPS) is 11.7. The van der Waals surface area contributed by atoms with Crippen LogP contribution in [0.3, 0.4) is 0 Å². The van der Waals surface area contributed by atoms with Gasteiger partial charge in [-0.1, -0.05) is 36.4 Å². The fraction of sp³-hybridized carbons (Fsp3) is 0.350. The quantitative estimate of drug-likeness (QED) is 0.454. The molecule has 0 saturated heterocycles. The van der Waals surface area contributed by atoms with E-state index in [1.165, 1.54) is 18.7 Å². The summed E-state index contributed by atoms with van der Waals surface area (Å²) < 4.78 is 4.66. The second-order valence-electron chi connectivity index (χ2n) is 6.14. The molecule has 7 heteroatoms. The fourth-order valence-electron chi connectivity index (χ4n) is 2.62. The van der Waals surface area contributed by atoms with E-state index in [4.69, 9.17) is 5.73 Å². The van der Waals surface area contributed by atoms with Gasteiger partial charge in [0.1, 0.15) is 6.04 Å². The van der Waals surface area contributed by atoms with Crippen LogP contribution in [-0.4, -0.2) is 41.8 Å². The molecule has 27 heavy (non-hydrogen) atoms. The Balaban J connectivity index is 1.81. The molecule has 3 N–H and O–H groups in total. The molecular formula is C20H24N2O4S. The number of rotatable bonds is 11. The Kier molecular flexibility index (Phi) is 8.13. The van der Waals surface area contributed by atoms with Gasteiger partial charge in [-0.3, -0.25) is 14.4 Å². The zero-order chi connectivity index (χ0) is 19.6. The van der Waals surface area contributed by atoms with Crippen LogP contribution in [0.25, 0.3) is 10.8 Å². The van der Waals surface area contributed by atoms with E-state index in [9.17, 15) is 14.4 Å². The first-order chi connectivity index (χ1) is 13.0. The Bertz CT molecular complexity index is 804. The lowest BCUT2D eigenvalue weighted by molar-refractivity contribution is -0.145. The minimum atomic E-state index is -0.479. The lowest BCUT2D eigenvalue weighted by Gasteiger charge is -2.18. The maximum atomic E-state index is 11.8. The van der Waals surface area contributed by atoms with E-state index in [0.717, 1.165) is 22.9 Å². The van der Waals surface area contributed by atoms with Gasteiger partial charge in [0, 0.05) is 18.0 Å². The van der Waals surface area contributed by atoms with Crippen LogP contribution < -0.4 is 11.1 Å². The molecule has 1 amide bonds. The average molecular weight is 388 g/mol. The number of Topliss-reactive ketones (excluding diaryl/α,β-unsaturated/α-hetero) is 1. The maximum absolute atomic E-state index is 11.8. The Labute approximate surface area is 162 Å². The summed E-state index contributed by atoms with van der Waals surface area (Å²) in [4.78, 5) is 34.0. The van der Waals surface area contributed by atoms with Gasteiger partial charge in [-0.15, -0.1) is 0 Å². The first kappa shape index (κ1) is 20.8. The number of esters is 1. The summed E-state index contributed by atoms with van der Waals surface area (Å²) in [6.45, 7) is 1.09. The Hall–Kier alpha value is -2.54. The summed E-state index contributed by atoms with van der Waals surface area (Å²) in [5.74, 6) is 0.00417. The van der Waals surface area contributed by atoms with Gasteiger partial charge in [0.25, 0.3) is 0 Å². The standard InChI is InChI=1S/C20H24N2O4S/c1-14(23)26-12-16(24)13-27-11-5-10-19(20(21)25)22-18-9-4-7-15-6-2-3-8-17(15)18/h2-4,6-9,19,22H,5,10-13H2,1H3,(H2,21,25)/t19-/m0/s1. The molecule has 2 rings (SSSR count). The molecule has 2 aromatic rings. The molecule has 0 fully saturated rings. The second kappa shape index (κ2) is 10.6. The number of carbonyl (C=O) groups excluding carboxylic acids is 3. The van der Waals surface area contributed by atoms with Gasteiger partial charge in [-0.25, -0.2) is 0 Å². The predicted octanol–water partition coefficient (Wildman–Crippen LogP) is 2.75. The molecule has 0 aliphatic carbocycles. The van der Waals surface area contributed by atoms with Crippen LogP contribution in [0.1, 0.15) is 19.8 Å². The third-order valence-electron chi connectivity index (χ3n) is 3.94. The largest absolute Gasteiger partial charge is 0.458 e. The van der Waals surface area contributed by atoms with Gasteiger partial charge < -0.3 is 15.8 Å². The molecule has 0 bridgehead atoms. The molecule has 0 saturated carbocycles. The summed E-state index contributed by atoms with van der Waals surface area (Å²) in [5, 5.41) is 5.37.